The lowest BCUT2D eigenvalue weighted by molar-refractivity contribution is 0.265. The minimum Gasteiger partial charge on any atom is -0.495 e. The molecule has 0 bridgehead atoms. The fraction of sp³-hybridized carbons (Fsp3) is 0.308. The third-order valence-corrected chi connectivity index (χ3v) is 8.23. The van der Waals surface area contributed by atoms with E-state index in [4.69, 9.17) is 22.1 Å². The number of rotatable bonds is 6. The molecule has 0 amide bonds. The van der Waals surface area contributed by atoms with Crippen LogP contribution in [-0.4, -0.2) is 54.6 Å². The van der Waals surface area contributed by atoms with Crippen LogP contribution in [-0.2, 0) is 15.8 Å². The summed E-state index contributed by atoms with van der Waals surface area (Å²) in [5.41, 5.74) is 10.3. The predicted octanol–water partition coefficient (Wildman–Crippen LogP) is 3.01. The molecule has 0 aliphatic carbocycles. The smallest absolute Gasteiger partial charge is 0.212 e. The van der Waals surface area contributed by atoms with Gasteiger partial charge in [-0.3, -0.25) is 10.7 Å². The Morgan fingerprint density at radius 3 is 2.62 bits per heavy atom. The van der Waals surface area contributed by atoms with Gasteiger partial charge in [0.1, 0.15) is 28.9 Å². The van der Waals surface area contributed by atoms with Crippen molar-refractivity contribution in [3.05, 3.63) is 88.4 Å². The molecule has 206 valence electrons. The Bertz CT molecular complexity index is 1570. The number of hydrogen-bond donors (Lipinski definition) is 3. The van der Waals surface area contributed by atoms with E-state index in [9.17, 15) is 12.8 Å². The number of imidazole rings is 1. The average Bonchev–Trinajstić information content (AvgIpc) is 3.33. The number of hydrogen-bond acceptors (Lipinski definition) is 7. The Labute approximate surface area is 231 Å². The van der Waals surface area contributed by atoms with Crippen LogP contribution in [0.3, 0.4) is 0 Å². The second-order valence-electron chi connectivity index (χ2n) is 9.34. The lowest BCUT2D eigenvalue weighted by Crippen LogP contribution is -2.67. The van der Waals surface area contributed by atoms with E-state index in [0.29, 0.717) is 52.2 Å². The summed E-state index contributed by atoms with van der Waals surface area (Å²) >= 11 is 6.01. The van der Waals surface area contributed by atoms with Crippen LogP contribution in [0.2, 0.25) is 5.15 Å². The van der Waals surface area contributed by atoms with Gasteiger partial charge in [0.25, 0.3) is 0 Å². The molecular weight excluding hydrogens is 545 g/mol. The number of ether oxygens (including phenoxy) is 1. The highest BCUT2D eigenvalue weighted by atomic mass is 35.5. The van der Waals surface area contributed by atoms with Crippen LogP contribution < -0.4 is 21.1 Å². The number of nitrogens with one attached hydrogen (secondary N) is 2. The zero-order chi connectivity index (χ0) is 27.9. The molecule has 0 saturated heterocycles. The number of amidine groups is 1. The molecule has 0 radical (unpaired) electrons. The van der Waals surface area contributed by atoms with Crippen LogP contribution in [0, 0.1) is 5.82 Å². The fourth-order valence-corrected chi connectivity index (χ4v) is 6.21. The third-order valence-electron chi connectivity index (χ3n) is 6.79. The Morgan fingerprint density at radius 1 is 1.26 bits per heavy atom. The molecule has 2 unspecified atom stereocenters. The largest absolute Gasteiger partial charge is 0.495 e. The number of halogens is 2. The van der Waals surface area contributed by atoms with Gasteiger partial charge in [0.15, 0.2) is 5.79 Å². The van der Waals surface area contributed by atoms with Gasteiger partial charge in [0.05, 0.1) is 25.1 Å². The number of aliphatic imine (C=N–C) groups is 1. The Kier molecular flexibility index (Phi) is 7.14. The molecule has 2 aliphatic rings. The number of methoxy groups -OCH3 is 1. The highest BCUT2D eigenvalue weighted by Gasteiger charge is 2.45. The van der Waals surface area contributed by atoms with Crippen molar-refractivity contribution in [1.82, 2.24) is 24.5 Å². The van der Waals surface area contributed by atoms with E-state index in [0.717, 1.165) is 5.57 Å². The van der Waals surface area contributed by atoms with E-state index in [1.807, 2.05) is 19.1 Å². The summed E-state index contributed by atoms with van der Waals surface area (Å²) in [5, 5.41) is 7.06. The molecule has 0 saturated carbocycles. The molecule has 1 aromatic heterocycles. The topological polar surface area (TPSA) is 127 Å². The second-order valence-corrected chi connectivity index (χ2v) is 11.7. The molecule has 2 atom stereocenters. The maximum Gasteiger partial charge on any atom is 0.212 e. The minimum atomic E-state index is -3.64. The van der Waals surface area contributed by atoms with Crippen molar-refractivity contribution in [2.75, 3.05) is 26.5 Å². The van der Waals surface area contributed by atoms with Gasteiger partial charge >= 0.3 is 0 Å². The van der Waals surface area contributed by atoms with Crippen molar-refractivity contribution in [2.45, 2.75) is 25.2 Å². The number of benzene rings is 2. The maximum absolute atomic E-state index is 13.8. The number of nitrogens with two attached hydrogens (primary N) is 1. The maximum atomic E-state index is 13.8. The zero-order valence-corrected chi connectivity index (χ0v) is 23.2. The Balaban J connectivity index is 1.64. The van der Waals surface area contributed by atoms with Crippen LogP contribution in [0.25, 0.3) is 5.69 Å². The van der Waals surface area contributed by atoms with Gasteiger partial charge in [-0.15, -0.1) is 0 Å². The van der Waals surface area contributed by atoms with E-state index < -0.39 is 27.7 Å². The van der Waals surface area contributed by atoms with Crippen LogP contribution in [0.4, 0.5) is 4.39 Å². The highest BCUT2D eigenvalue weighted by molar-refractivity contribution is 7.88. The molecular formula is C26H29ClFN7O3S. The van der Waals surface area contributed by atoms with Gasteiger partial charge in [-0.25, -0.2) is 17.8 Å². The summed E-state index contributed by atoms with van der Waals surface area (Å²) in [6.45, 7) is 2.63. The molecule has 3 aromatic rings. The standard InChI is InChI=1S/C26H29ClFN7O3S/c1-4-30-25-19-11-12-35(39(3,36)37)24(16-5-8-18(28)9-6-16)23(19)32-26(29,33-25)17-7-10-20(21(13-17)38-2)34-14-22(27)31-15-34/h5-10,13-15,24,32H,4,11-12,29H2,1-3H3,(H,30,33). The van der Waals surface area contributed by atoms with E-state index >= 15 is 0 Å². The van der Waals surface area contributed by atoms with Gasteiger partial charge in [0.2, 0.25) is 10.0 Å². The van der Waals surface area contributed by atoms with Crippen molar-refractivity contribution >= 4 is 27.5 Å². The first-order valence-corrected chi connectivity index (χ1v) is 14.5. The molecule has 2 aromatic carbocycles. The van der Waals surface area contributed by atoms with Crippen molar-refractivity contribution in [3.8, 4) is 11.4 Å². The molecule has 39 heavy (non-hydrogen) atoms. The Morgan fingerprint density at radius 2 is 2.00 bits per heavy atom. The van der Waals surface area contributed by atoms with Crippen molar-refractivity contribution in [2.24, 2.45) is 10.7 Å². The average molecular weight is 574 g/mol. The Hall–Kier alpha value is -3.45. The molecule has 5 rings (SSSR count). The summed E-state index contributed by atoms with van der Waals surface area (Å²) in [7, 11) is -2.09. The minimum absolute atomic E-state index is 0.235. The first-order chi connectivity index (χ1) is 18.5. The quantitative estimate of drug-likeness (QED) is 0.414. The van der Waals surface area contributed by atoms with Gasteiger partial charge in [0, 0.05) is 36.1 Å². The molecule has 3 heterocycles. The molecule has 4 N–H and O–H groups in total. The molecule has 10 nitrogen and oxygen atoms in total. The van der Waals surface area contributed by atoms with Gasteiger partial charge in [-0.05, 0) is 43.2 Å². The number of aromatic nitrogens is 2. The van der Waals surface area contributed by atoms with E-state index in [1.165, 1.54) is 22.7 Å². The number of sulfonamides is 1. The second kappa shape index (κ2) is 10.3. The fourth-order valence-electron chi connectivity index (χ4n) is 5.03. The summed E-state index contributed by atoms with van der Waals surface area (Å²) in [6.07, 6.45) is 4.82. The zero-order valence-electron chi connectivity index (χ0n) is 21.6. The van der Waals surface area contributed by atoms with E-state index in [1.54, 1.807) is 42.4 Å². The number of nitrogens with zero attached hydrogens (tertiary/aromatic N) is 4. The lowest BCUT2D eigenvalue weighted by atomic mass is 9.90. The third kappa shape index (κ3) is 5.12. The molecule has 0 fully saturated rings. The first-order valence-electron chi connectivity index (χ1n) is 12.3. The van der Waals surface area contributed by atoms with Gasteiger partial charge in [-0.1, -0.05) is 29.8 Å². The van der Waals surface area contributed by atoms with Crippen LogP contribution in [0.15, 0.2) is 71.3 Å². The van der Waals surface area contributed by atoms with E-state index in [-0.39, 0.29) is 6.54 Å². The summed E-state index contributed by atoms with van der Waals surface area (Å²) in [5.74, 6) is -0.719. The lowest BCUT2D eigenvalue weighted by Gasteiger charge is -2.47. The molecule has 0 spiro atoms. The predicted molar refractivity (Wildman–Crippen MR) is 148 cm³/mol. The van der Waals surface area contributed by atoms with Gasteiger partial charge < -0.3 is 19.9 Å². The molecule has 13 heteroatoms. The van der Waals surface area contributed by atoms with Crippen molar-refractivity contribution < 1.29 is 17.5 Å². The van der Waals surface area contributed by atoms with Crippen LogP contribution in [0.1, 0.15) is 30.5 Å². The van der Waals surface area contributed by atoms with E-state index in [2.05, 4.69) is 20.6 Å². The summed E-state index contributed by atoms with van der Waals surface area (Å²) < 4.78 is 48.4. The molecule has 2 aliphatic heterocycles. The monoisotopic (exact) mass is 573 g/mol. The van der Waals surface area contributed by atoms with Crippen LogP contribution in [0.5, 0.6) is 5.75 Å². The highest BCUT2D eigenvalue weighted by Crippen LogP contribution is 2.40. The summed E-state index contributed by atoms with van der Waals surface area (Å²) in [6, 6.07) is 10.5. The first kappa shape index (κ1) is 27.1. The van der Waals surface area contributed by atoms with Crippen LogP contribution >= 0.6 is 11.6 Å². The normalized spacial score (nSPS) is 22.8. The summed E-state index contributed by atoms with van der Waals surface area (Å²) in [4.78, 5) is 8.73. The van der Waals surface area contributed by atoms with Crippen molar-refractivity contribution in [1.29, 1.82) is 0 Å². The SMILES string of the molecule is CCN=C1NC(N)(c2ccc(-n3cnc(Cl)c3)c(OC)c2)NC2=C1CCN(S(C)(=O)=O)C2c1ccc(F)cc1. The van der Waals surface area contributed by atoms with Gasteiger partial charge in [-0.2, -0.15) is 4.31 Å². The van der Waals surface area contributed by atoms with Crippen molar-refractivity contribution in [3.63, 3.8) is 0 Å².